The Hall–Kier alpha value is 0.220. The van der Waals surface area contributed by atoms with Crippen LogP contribution < -0.4 is 5.32 Å². The molecule has 0 amide bonds. The van der Waals surface area contributed by atoms with Crippen molar-refractivity contribution in [1.82, 2.24) is 9.62 Å². The maximum absolute atomic E-state index is 11.7. The van der Waals surface area contributed by atoms with Gasteiger partial charge in [-0.3, -0.25) is 0 Å². The van der Waals surface area contributed by atoms with E-state index >= 15 is 0 Å². The molecule has 0 bridgehead atoms. The average Bonchev–Trinajstić information content (AvgIpc) is 2.39. The topological polar surface area (TPSA) is 49.4 Å². The summed E-state index contributed by atoms with van der Waals surface area (Å²) in [6.07, 6.45) is 3.09. The van der Waals surface area contributed by atoms with Gasteiger partial charge in [0.05, 0.1) is 5.75 Å². The molecule has 0 aliphatic carbocycles. The lowest BCUT2D eigenvalue weighted by Gasteiger charge is -2.31. The first-order valence-corrected chi connectivity index (χ1v) is 9.65. The summed E-state index contributed by atoms with van der Waals surface area (Å²) >= 11 is 1.97. The summed E-state index contributed by atoms with van der Waals surface area (Å²) < 4.78 is 25.0. The van der Waals surface area contributed by atoms with Crippen molar-refractivity contribution in [3.05, 3.63) is 0 Å². The lowest BCUT2D eigenvalue weighted by Crippen LogP contribution is -2.45. The van der Waals surface area contributed by atoms with Gasteiger partial charge in [0.15, 0.2) is 0 Å². The van der Waals surface area contributed by atoms with Crippen LogP contribution in [0.4, 0.5) is 0 Å². The molecule has 0 atom stereocenters. The molecular formula is C12H26N2O2S2. The van der Waals surface area contributed by atoms with Gasteiger partial charge >= 0.3 is 0 Å². The molecule has 0 aromatic carbocycles. The second-order valence-corrected chi connectivity index (χ2v) is 8.23. The van der Waals surface area contributed by atoms with Gasteiger partial charge in [-0.05, 0) is 44.2 Å². The highest BCUT2D eigenvalue weighted by Gasteiger charge is 2.26. The molecule has 1 N–H and O–H groups in total. The fourth-order valence-corrected chi connectivity index (χ4v) is 3.91. The Kier molecular flexibility index (Phi) is 7.60. The monoisotopic (exact) mass is 294 g/mol. The normalized spacial score (nSPS) is 19.2. The molecule has 0 unspecified atom stereocenters. The van der Waals surface area contributed by atoms with Gasteiger partial charge in [-0.15, -0.1) is 0 Å². The van der Waals surface area contributed by atoms with Crippen LogP contribution >= 0.6 is 11.8 Å². The molecule has 6 heteroatoms. The zero-order valence-corrected chi connectivity index (χ0v) is 13.2. The molecule has 1 aliphatic rings. The molecule has 1 rings (SSSR count). The smallest absolute Gasteiger partial charge is 0.213 e. The quantitative estimate of drug-likeness (QED) is 0.690. The third-order valence-corrected chi connectivity index (χ3v) is 6.18. The first kappa shape index (κ1) is 16.3. The molecule has 108 valence electrons. The van der Waals surface area contributed by atoms with Crippen molar-refractivity contribution < 1.29 is 8.42 Å². The summed E-state index contributed by atoms with van der Waals surface area (Å²) in [5.74, 6) is 2.62. The number of rotatable bonds is 8. The Morgan fingerprint density at radius 2 is 1.94 bits per heavy atom. The van der Waals surface area contributed by atoms with Crippen molar-refractivity contribution in [2.45, 2.75) is 39.2 Å². The minimum atomic E-state index is -2.97. The minimum Gasteiger partial charge on any atom is -0.314 e. The van der Waals surface area contributed by atoms with Gasteiger partial charge in [-0.2, -0.15) is 11.8 Å². The third kappa shape index (κ3) is 5.47. The number of hydrogen-bond acceptors (Lipinski definition) is 4. The van der Waals surface area contributed by atoms with Crippen LogP contribution in [0.1, 0.15) is 33.1 Å². The molecule has 0 aromatic rings. The average molecular weight is 294 g/mol. The molecule has 0 spiro atoms. The highest BCUT2D eigenvalue weighted by atomic mass is 32.2. The standard InChI is InChI=1S/C12H26N2O2S2/c1-3-17-11-5-8-13-12-6-9-14(10-7-12)18(15,16)4-2/h12-13H,3-11H2,1-2H3. The van der Waals surface area contributed by atoms with E-state index in [-0.39, 0.29) is 5.75 Å². The SMILES string of the molecule is CCSCCCNC1CCN(S(=O)(=O)CC)CC1. The summed E-state index contributed by atoms with van der Waals surface area (Å²) in [7, 11) is -2.97. The molecule has 1 saturated heterocycles. The number of sulfonamides is 1. The van der Waals surface area contributed by atoms with Crippen molar-refractivity contribution in [3.63, 3.8) is 0 Å². The van der Waals surface area contributed by atoms with Crippen molar-refractivity contribution >= 4 is 21.8 Å². The summed E-state index contributed by atoms with van der Waals surface area (Å²) in [5.41, 5.74) is 0. The second-order valence-electron chi connectivity index (χ2n) is 4.58. The van der Waals surface area contributed by atoms with Gasteiger partial charge < -0.3 is 5.32 Å². The minimum absolute atomic E-state index is 0.222. The van der Waals surface area contributed by atoms with Crippen molar-refractivity contribution in [1.29, 1.82) is 0 Å². The van der Waals surface area contributed by atoms with Crippen LogP contribution in [-0.4, -0.2) is 55.7 Å². The van der Waals surface area contributed by atoms with Gasteiger partial charge in [0.2, 0.25) is 10.0 Å². The van der Waals surface area contributed by atoms with Gasteiger partial charge in [0.25, 0.3) is 0 Å². The zero-order valence-electron chi connectivity index (χ0n) is 11.5. The Balaban J connectivity index is 2.16. The molecular weight excluding hydrogens is 268 g/mol. The Labute approximate surface area is 116 Å². The summed E-state index contributed by atoms with van der Waals surface area (Å²) in [6, 6.07) is 0.500. The molecule has 4 nitrogen and oxygen atoms in total. The molecule has 0 aromatic heterocycles. The second kappa shape index (κ2) is 8.40. The highest BCUT2D eigenvalue weighted by molar-refractivity contribution is 7.99. The van der Waals surface area contributed by atoms with E-state index in [0.717, 1.165) is 19.4 Å². The van der Waals surface area contributed by atoms with E-state index in [0.29, 0.717) is 19.1 Å². The number of piperidine rings is 1. The van der Waals surface area contributed by atoms with Crippen molar-refractivity contribution in [2.24, 2.45) is 0 Å². The largest absolute Gasteiger partial charge is 0.314 e. The van der Waals surface area contributed by atoms with E-state index in [4.69, 9.17) is 0 Å². The maximum Gasteiger partial charge on any atom is 0.213 e. The summed E-state index contributed by atoms with van der Waals surface area (Å²) in [6.45, 7) is 6.31. The fraction of sp³-hybridized carbons (Fsp3) is 1.00. The number of nitrogens with one attached hydrogen (secondary N) is 1. The number of nitrogens with zero attached hydrogens (tertiary/aromatic N) is 1. The fourth-order valence-electron chi connectivity index (χ4n) is 2.15. The van der Waals surface area contributed by atoms with Crippen LogP contribution in [0.15, 0.2) is 0 Å². The molecule has 0 radical (unpaired) electrons. The van der Waals surface area contributed by atoms with Gasteiger partial charge in [-0.1, -0.05) is 6.92 Å². The van der Waals surface area contributed by atoms with Crippen LogP contribution in [0.5, 0.6) is 0 Å². The maximum atomic E-state index is 11.7. The van der Waals surface area contributed by atoms with Crippen molar-refractivity contribution in [2.75, 3.05) is 36.9 Å². The van der Waals surface area contributed by atoms with E-state index in [1.165, 1.54) is 17.9 Å². The lowest BCUT2D eigenvalue weighted by molar-refractivity contribution is 0.290. The summed E-state index contributed by atoms with van der Waals surface area (Å²) in [4.78, 5) is 0. The van der Waals surface area contributed by atoms with E-state index in [1.807, 2.05) is 11.8 Å². The number of hydrogen-bond donors (Lipinski definition) is 1. The van der Waals surface area contributed by atoms with Gasteiger partial charge in [-0.25, -0.2) is 12.7 Å². The molecule has 1 fully saturated rings. The first-order valence-electron chi connectivity index (χ1n) is 6.89. The molecule has 0 saturated carbocycles. The third-order valence-electron chi connectivity index (χ3n) is 3.31. The van der Waals surface area contributed by atoms with E-state index in [2.05, 4.69) is 12.2 Å². The van der Waals surface area contributed by atoms with Gasteiger partial charge in [0.1, 0.15) is 0 Å². The Bertz CT molecular complexity index is 312. The Morgan fingerprint density at radius 1 is 1.28 bits per heavy atom. The molecule has 1 aliphatic heterocycles. The van der Waals surface area contributed by atoms with E-state index in [9.17, 15) is 8.42 Å². The van der Waals surface area contributed by atoms with Gasteiger partial charge in [0, 0.05) is 19.1 Å². The van der Waals surface area contributed by atoms with E-state index in [1.54, 1.807) is 11.2 Å². The summed E-state index contributed by atoms with van der Waals surface area (Å²) in [5, 5.41) is 3.54. The van der Waals surface area contributed by atoms with Crippen LogP contribution in [0.2, 0.25) is 0 Å². The van der Waals surface area contributed by atoms with Crippen LogP contribution in [0.3, 0.4) is 0 Å². The molecule has 1 heterocycles. The lowest BCUT2D eigenvalue weighted by atomic mass is 10.1. The number of thioether (sulfide) groups is 1. The van der Waals surface area contributed by atoms with Crippen molar-refractivity contribution in [3.8, 4) is 0 Å². The zero-order chi connectivity index (χ0) is 13.4. The first-order chi connectivity index (χ1) is 8.60. The van der Waals surface area contributed by atoms with Crippen LogP contribution in [-0.2, 0) is 10.0 Å². The van der Waals surface area contributed by atoms with Crippen LogP contribution in [0, 0.1) is 0 Å². The Morgan fingerprint density at radius 3 is 2.50 bits per heavy atom. The van der Waals surface area contributed by atoms with Crippen LogP contribution in [0.25, 0.3) is 0 Å². The predicted molar refractivity (Wildman–Crippen MR) is 79.7 cm³/mol. The molecule has 18 heavy (non-hydrogen) atoms. The highest BCUT2D eigenvalue weighted by Crippen LogP contribution is 2.14. The van der Waals surface area contributed by atoms with E-state index < -0.39 is 10.0 Å². The predicted octanol–water partition coefficient (Wildman–Crippen LogP) is 1.53.